The molecular weight excluding hydrogens is 516 g/mol. The van der Waals surface area contributed by atoms with Gasteiger partial charge in [0.05, 0.1) is 15.9 Å². The van der Waals surface area contributed by atoms with Crippen LogP contribution in [-0.4, -0.2) is 21.8 Å². The van der Waals surface area contributed by atoms with Crippen molar-refractivity contribution in [1.82, 2.24) is 15.3 Å². The molecular formula is C33H50N4O2S. The molecule has 1 aromatic carbocycles. The molecule has 1 unspecified atom stereocenters. The van der Waals surface area contributed by atoms with E-state index in [0.29, 0.717) is 22.7 Å². The second-order valence-corrected chi connectivity index (χ2v) is 9.88. The molecule has 0 aliphatic carbocycles. The fourth-order valence-electron chi connectivity index (χ4n) is 3.19. The van der Waals surface area contributed by atoms with E-state index < -0.39 is 0 Å². The van der Waals surface area contributed by atoms with Gasteiger partial charge in [0, 0.05) is 17.3 Å². The summed E-state index contributed by atoms with van der Waals surface area (Å²) in [6.45, 7) is 23.8. The number of allylic oxidation sites excluding steroid dienone is 5. The number of carbonyl (C=O) groups excluding carboxylic acids is 2. The number of aromatic nitrogens is 2. The fourth-order valence-corrected chi connectivity index (χ4v) is 3.64. The SMILES string of the molecule is C=C(/C=C\C/C(=C\C)c1nc2ccc(NC(=O)C(=C)S/C=C\C)cc2[nH]1)NC(=O)C(C)CC.CC.CCCCC. The minimum Gasteiger partial charge on any atom is -0.338 e. The molecule has 1 aromatic heterocycles. The first-order valence-electron chi connectivity index (χ1n) is 14.3. The van der Waals surface area contributed by atoms with Gasteiger partial charge in [-0.3, -0.25) is 9.59 Å². The highest BCUT2D eigenvalue weighted by Crippen LogP contribution is 2.24. The van der Waals surface area contributed by atoms with Gasteiger partial charge < -0.3 is 15.6 Å². The van der Waals surface area contributed by atoms with Crippen molar-refractivity contribution in [3.63, 3.8) is 0 Å². The van der Waals surface area contributed by atoms with Crippen LogP contribution in [0.25, 0.3) is 16.6 Å². The van der Waals surface area contributed by atoms with E-state index in [-0.39, 0.29) is 17.7 Å². The van der Waals surface area contributed by atoms with Crippen molar-refractivity contribution in [3.8, 4) is 0 Å². The van der Waals surface area contributed by atoms with Crippen molar-refractivity contribution < 1.29 is 9.59 Å². The van der Waals surface area contributed by atoms with Crippen molar-refractivity contribution in [2.24, 2.45) is 5.92 Å². The topological polar surface area (TPSA) is 86.9 Å². The predicted octanol–water partition coefficient (Wildman–Crippen LogP) is 9.53. The minimum atomic E-state index is -0.239. The molecule has 0 aliphatic rings. The van der Waals surface area contributed by atoms with Gasteiger partial charge in [0.1, 0.15) is 5.82 Å². The molecule has 0 fully saturated rings. The van der Waals surface area contributed by atoms with Gasteiger partial charge in [-0.05, 0) is 61.9 Å². The van der Waals surface area contributed by atoms with Gasteiger partial charge in [-0.1, -0.05) is 104 Å². The Morgan fingerprint density at radius 3 is 2.35 bits per heavy atom. The van der Waals surface area contributed by atoms with Crippen LogP contribution in [-0.2, 0) is 9.59 Å². The third kappa shape index (κ3) is 13.7. The summed E-state index contributed by atoms with van der Waals surface area (Å²) in [4.78, 5) is 32.6. The van der Waals surface area contributed by atoms with Gasteiger partial charge in [-0.25, -0.2) is 4.98 Å². The molecule has 0 spiro atoms. The highest BCUT2D eigenvalue weighted by Gasteiger charge is 2.11. The monoisotopic (exact) mass is 566 g/mol. The molecule has 0 saturated heterocycles. The molecule has 2 amide bonds. The van der Waals surface area contributed by atoms with Crippen LogP contribution in [0.4, 0.5) is 5.69 Å². The van der Waals surface area contributed by atoms with E-state index in [1.165, 1.54) is 31.0 Å². The Kier molecular flexibility index (Phi) is 19.7. The number of thioether (sulfide) groups is 1. The Balaban J connectivity index is 0.00000195. The van der Waals surface area contributed by atoms with Crippen LogP contribution in [0, 0.1) is 5.92 Å². The number of nitrogens with zero attached hydrogens (tertiary/aromatic N) is 1. The molecule has 3 N–H and O–H groups in total. The molecule has 2 aromatic rings. The summed E-state index contributed by atoms with van der Waals surface area (Å²) in [5.74, 6) is 0.444. The standard InChI is InChI=1S/C26H32N4O2S.C5H12.C2H6/c1-7-15-33-19(6)26(32)28-21-13-14-22-23(16-21)30-24(29-22)20(9-3)12-10-11-18(5)27-25(31)17(4)8-2;1-3-5-4-2;1-2/h7,9-11,13-17H,5-6,8,12H2,1-4H3,(H,27,31)(H,28,32)(H,29,30);3-5H2,1-2H3;1-2H3/b11-10-,15-7-,20-9+;;. The molecule has 40 heavy (non-hydrogen) atoms. The van der Waals surface area contributed by atoms with Crippen LogP contribution in [0.2, 0.25) is 0 Å². The Bertz CT molecular complexity index is 1170. The van der Waals surface area contributed by atoms with E-state index in [4.69, 9.17) is 0 Å². The van der Waals surface area contributed by atoms with E-state index in [0.717, 1.165) is 28.9 Å². The Morgan fingerprint density at radius 2 is 1.80 bits per heavy atom. The number of H-pyrrole nitrogens is 1. The van der Waals surface area contributed by atoms with E-state index in [1.54, 1.807) is 6.08 Å². The predicted molar refractivity (Wildman–Crippen MR) is 177 cm³/mol. The number of rotatable bonds is 13. The van der Waals surface area contributed by atoms with E-state index >= 15 is 0 Å². The van der Waals surface area contributed by atoms with E-state index in [9.17, 15) is 9.59 Å². The lowest BCUT2D eigenvalue weighted by atomic mass is 10.1. The van der Waals surface area contributed by atoms with Gasteiger partial charge >= 0.3 is 0 Å². The number of hydrogen-bond donors (Lipinski definition) is 3. The molecule has 0 saturated carbocycles. The molecule has 7 heteroatoms. The van der Waals surface area contributed by atoms with Crippen molar-refractivity contribution in [3.05, 3.63) is 77.5 Å². The van der Waals surface area contributed by atoms with Crippen LogP contribution >= 0.6 is 11.8 Å². The van der Waals surface area contributed by atoms with Gasteiger partial charge in [-0.15, -0.1) is 0 Å². The van der Waals surface area contributed by atoms with Gasteiger partial charge in [-0.2, -0.15) is 0 Å². The minimum absolute atomic E-state index is 0.0254. The molecule has 0 aliphatic heterocycles. The Labute approximate surface area is 246 Å². The zero-order chi connectivity index (χ0) is 30.5. The van der Waals surface area contributed by atoms with Crippen molar-refractivity contribution in [1.29, 1.82) is 0 Å². The number of fused-ring (bicyclic) bond motifs is 1. The maximum atomic E-state index is 12.3. The molecule has 220 valence electrons. The summed E-state index contributed by atoms with van der Waals surface area (Å²) < 4.78 is 0. The molecule has 0 bridgehead atoms. The lowest BCUT2D eigenvalue weighted by Gasteiger charge is -2.09. The molecule has 2 rings (SSSR count). The fraction of sp³-hybridized carbons (Fsp3) is 0.424. The summed E-state index contributed by atoms with van der Waals surface area (Å²) >= 11 is 1.28. The highest BCUT2D eigenvalue weighted by molar-refractivity contribution is 8.06. The first-order valence-corrected chi connectivity index (χ1v) is 15.2. The van der Waals surface area contributed by atoms with Crippen LogP contribution in [0.3, 0.4) is 0 Å². The Morgan fingerprint density at radius 1 is 1.12 bits per heavy atom. The number of amides is 2. The van der Waals surface area contributed by atoms with Crippen molar-refractivity contribution >= 4 is 45.9 Å². The summed E-state index contributed by atoms with van der Waals surface area (Å²) in [6, 6.07) is 5.53. The highest BCUT2D eigenvalue weighted by atomic mass is 32.2. The molecule has 0 radical (unpaired) electrons. The number of carbonyl (C=O) groups is 2. The summed E-state index contributed by atoms with van der Waals surface area (Å²) in [5, 5.41) is 7.49. The van der Waals surface area contributed by atoms with Gasteiger partial charge in [0.2, 0.25) is 5.91 Å². The van der Waals surface area contributed by atoms with Crippen molar-refractivity contribution in [2.45, 2.75) is 87.5 Å². The number of imidazole rings is 1. The number of unbranched alkanes of at least 4 members (excludes halogenated alkanes) is 2. The quantitative estimate of drug-likeness (QED) is 0.166. The average molecular weight is 567 g/mol. The number of anilines is 1. The average Bonchev–Trinajstić information content (AvgIpc) is 3.38. The first-order chi connectivity index (χ1) is 19.2. The normalized spacial score (nSPS) is 11.8. The van der Waals surface area contributed by atoms with Crippen LogP contribution in [0.15, 0.2) is 71.7 Å². The van der Waals surface area contributed by atoms with E-state index in [2.05, 4.69) is 47.6 Å². The van der Waals surface area contributed by atoms with Gasteiger partial charge in [0.25, 0.3) is 5.91 Å². The van der Waals surface area contributed by atoms with Crippen molar-refractivity contribution in [2.75, 3.05) is 5.32 Å². The number of benzene rings is 1. The smallest absolute Gasteiger partial charge is 0.261 e. The van der Waals surface area contributed by atoms with Crippen LogP contribution < -0.4 is 10.6 Å². The summed E-state index contributed by atoms with van der Waals surface area (Å²) in [6.07, 6.45) is 13.1. The summed E-state index contributed by atoms with van der Waals surface area (Å²) in [5.41, 5.74) is 3.86. The number of hydrogen-bond acceptors (Lipinski definition) is 4. The number of nitrogens with one attached hydrogen (secondary N) is 3. The zero-order valence-electron chi connectivity index (χ0n) is 25.8. The summed E-state index contributed by atoms with van der Waals surface area (Å²) in [7, 11) is 0. The second kappa shape index (κ2) is 21.5. The number of aromatic amines is 1. The van der Waals surface area contributed by atoms with Crippen LogP contribution in [0.1, 0.15) is 93.3 Å². The maximum Gasteiger partial charge on any atom is 0.261 e. The first kappa shape index (κ1) is 36.7. The van der Waals surface area contributed by atoms with Gasteiger partial charge in [0.15, 0.2) is 0 Å². The lowest BCUT2D eigenvalue weighted by Crippen LogP contribution is -2.27. The lowest BCUT2D eigenvalue weighted by molar-refractivity contribution is -0.123. The van der Waals surface area contributed by atoms with Crippen LogP contribution in [0.5, 0.6) is 0 Å². The maximum absolute atomic E-state index is 12.3. The second-order valence-electron chi connectivity index (χ2n) is 8.88. The molecule has 1 heterocycles. The molecule has 6 nitrogen and oxygen atoms in total. The third-order valence-electron chi connectivity index (χ3n) is 5.70. The molecule has 1 atom stereocenters. The zero-order valence-corrected chi connectivity index (χ0v) is 26.6. The van der Waals surface area contributed by atoms with E-state index in [1.807, 2.05) is 83.4 Å². The Hall–Kier alpha value is -3.32. The largest absolute Gasteiger partial charge is 0.338 e. The third-order valence-corrected chi connectivity index (χ3v) is 6.58.